The maximum atomic E-state index is 13.6. The number of hydrogen-bond donors (Lipinski definition) is 2. The molecular weight excluding hydrogens is 603 g/mol. The molecule has 1 saturated heterocycles. The summed E-state index contributed by atoms with van der Waals surface area (Å²) >= 11 is 14.9. The Bertz CT molecular complexity index is 1710. The van der Waals surface area contributed by atoms with Crippen molar-refractivity contribution in [3.05, 3.63) is 75.9 Å². The number of amides is 1. The van der Waals surface area contributed by atoms with Crippen molar-refractivity contribution in [1.29, 1.82) is 0 Å². The Balaban J connectivity index is 0.00000302. The van der Waals surface area contributed by atoms with Crippen LogP contribution >= 0.6 is 46.9 Å². The summed E-state index contributed by atoms with van der Waals surface area (Å²) in [6.07, 6.45) is 7.19. The summed E-state index contributed by atoms with van der Waals surface area (Å²) in [4.78, 5) is 24.8. The second kappa shape index (κ2) is 11.6. The summed E-state index contributed by atoms with van der Waals surface area (Å²) in [5.74, 6) is -0.247. The van der Waals surface area contributed by atoms with Crippen LogP contribution in [0.4, 0.5) is 10.8 Å². The maximum absolute atomic E-state index is 13.6. The SMILES string of the molecule is Cl.O=C(Nc1nccs1)C(c1ncn2c1CCC2)n1cc2c(Cl)cc(-c3ccc(N4CCNCC4)c(Cl)c3)cc2n1. The summed E-state index contributed by atoms with van der Waals surface area (Å²) in [6.45, 7) is 4.63. The Morgan fingerprint density at radius 2 is 1.88 bits per heavy atom. The molecule has 0 bridgehead atoms. The van der Waals surface area contributed by atoms with E-state index in [-0.39, 0.29) is 18.3 Å². The molecule has 2 N–H and O–H groups in total. The van der Waals surface area contributed by atoms with Gasteiger partial charge >= 0.3 is 0 Å². The van der Waals surface area contributed by atoms with E-state index in [1.807, 2.05) is 36.1 Å². The van der Waals surface area contributed by atoms with Crippen molar-refractivity contribution in [2.75, 3.05) is 36.4 Å². The van der Waals surface area contributed by atoms with Gasteiger partial charge in [-0.3, -0.25) is 14.8 Å². The van der Waals surface area contributed by atoms with Crippen molar-refractivity contribution >= 4 is 74.6 Å². The number of thiazole rings is 1. The largest absolute Gasteiger partial charge is 0.368 e. The van der Waals surface area contributed by atoms with Gasteiger partial charge in [0.15, 0.2) is 11.2 Å². The Morgan fingerprint density at radius 3 is 2.66 bits per heavy atom. The van der Waals surface area contributed by atoms with Gasteiger partial charge < -0.3 is 14.8 Å². The van der Waals surface area contributed by atoms with Crippen molar-refractivity contribution in [2.24, 2.45) is 0 Å². The molecule has 1 atom stereocenters. The summed E-state index contributed by atoms with van der Waals surface area (Å²) in [7, 11) is 0. The predicted octanol–water partition coefficient (Wildman–Crippen LogP) is 5.67. The third kappa shape index (κ3) is 5.30. The van der Waals surface area contributed by atoms with Gasteiger partial charge in [0.05, 0.1) is 33.3 Å². The highest BCUT2D eigenvalue weighted by atomic mass is 35.5. The third-order valence-electron chi connectivity index (χ3n) is 7.56. The molecule has 9 nitrogen and oxygen atoms in total. The fraction of sp³-hybridized carbons (Fsp3) is 0.286. The minimum atomic E-state index is -0.766. The van der Waals surface area contributed by atoms with Crippen molar-refractivity contribution < 1.29 is 4.79 Å². The van der Waals surface area contributed by atoms with Crippen LogP contribution in [-0.4, -0.2) is 56.4 Å². The Labute approximate surface area is 256 Å². The number of rotatable bonds is 6. The Kier molecular flexibility index (Phi) is 7.93. The molecular formula is C28H27Cl3N8OS. The zero-order valence-electron chi connectivity index (χ0n) is 21.9. The number of anilines is 2. The number of nitrogens with one attached hydrogen (secondary N) is 2. The highest BCUT2D eigenvalue weighted by Gasteiger charge is 2.32. The van der Waals surface area contributed by atoms with Crippen molar-refractivity contribution in [1.82, 2.24) is 29.6 Å². The van der Waals surface area contributed by atoms with Gasteiger partial charge in [-0.2, -0.15) is 5.10 Å². The lowest BCUT2D eigenvalue weighted by Crippen LogP contribution is -2.43. The molecule has 1 amide bonds. The number of carbonyl (C=O) groups excluding carboxylic acids is 1. The minimum Gasteiger partial charge on any atom is -0.368 e. The molecule has 41 heavy (non-hydrogen) atoms. The number of piperazine rings is 1. The second-order valence-electron chi connectivity index (χ2n) is 10.0. The molecule has 5 heterocycles. The smallest absolute Gasteiger partial charge is 0.257 e. The number of halogens is 3. The molecule has 0 aliphatic carbocycles. The van der Waals surface area contributed by atoms with Crippen molar-refractivity contribution in [3.63, 3.8) is 0 Å². The lowest BCUT2D eigenvalue weighted by molar-refractivity contribution is -0.118. The number of imidazole rings is 1. The van der Waals surface area contributed by atoms with Crippen LogP contribution in [0.1, 0.15) is 23.9 Å². The van der Waals surface area contributed by atoms with Gasteiger partial charge in [-0.1, -0.05) is 29.3 Å². The number of aryl methyl sites for hydroxylation is 1. The Morgan fingerprint density at radius 1 is 1.05 bits per heavy atom. The molecule has 13 heteroatoms. The van der Waals surface area contributed by atoms with Crippen LogP contribution in [0.25, 0.3) is 22.0 Å². The summed E-state index contributed by atoms with van der Waals surface area (Å²) < 4.78 is 3.78. The zero-order valence-corrected chi connectivity index (χ0v) is 25.0. The van der Waals surface area contributed by atoms with Crippen LogP contribution in [0.2, 0.25) is 10.0 Å². The minimum absolute atomic E-state index is 0. The van der Waals surface area contributed by atoms with Gasteiger partial charge in [-0.05, 0) is 48.2 Å². The zero-order chi connectivity index (χ0) is 27.2. The predicted molar refractivity (Wildman–Crippen MR) is 167 cm³/mol. The van der Waals surface area contributed by atoms with E-state index in [4.69, 9.17) is 28.3 Å². The van der Waals surface area contributed by atoms with Gasteiger partial charge in [0, 0.05) is 61.6 Å². The molecule has 2 aliphatic heterocycles. The van der Waals surface area contributed by atoms with Crippen LogP contribution in [0.5, 0.6) is 0 Å². The normalized spacial score (nSPS) is 15.5. The lowest BCUT2D eigenvalue weighted by Gasteiger charge is -2.30. The molecule has 0 saturated carbocycles. The van der Waals surface area contributed by atoms with E-state index in [0.717, 1.165) is 73.5 Å². The third-order valence-corrected chi connectivity index (χ3v) is 8.86. The first-order valence-corrected chi connectivity index (χ1v) is 14.9. The first-order chi connectivity index (χ1) is 19.5. The standard InChI is InChI=1S/C28H26Cl2N8OS.ClH/c29-20-13-18(17-3-4-23(21(30)12-17)36-9-5-31-6-10-36)14-22-19(20)15-38(35-22)26(27(39)34-28-32-7-11-40-28)25-24-2-1-8-37(24)16-33-25;/h3-4,7,11-16,26,31H,1-2,5-6,8-10H2,(H,32,34,39);1H. The van der Waals surface area contributed by atoms with Gasteiger partial charge in [0.1, 0.15) is 0 Å². The molecule has 5 aromatic rings. The number of fused-ring (bicyclic) bond motifs is 2. The van der Waals surface area contributed by atoms with Crippen LogP contribution in [0.3, 0.4) is 0 Å². The van der Waals surface area contributed by atoms with E-state index >= 15 is 0 Å². The van der Waals surface area contributed by atoms with Crippen LogP contribution < -0.4 is 15.5 Å². The maximum Gasteiger partial charge on any atom is 0.257 e. The monoisotopic (exact) mass is 628 g/mol. The number of nitrogens with zero attached hydrogens (tertiary/aromatic N) is 6. The van der Waals surface area contributed by atoms with E-state index in [2.05, 4.69) is 42.2 Å². The van der Waals surface area contributed by atoms with E-state index in [1.54, 1.807) is 10.9 Å². The molecule has 2 aromatic carbocycles. The molecule has 0 spiro atoms. The molecule has 212 valence electrons. The van der Waals surface area contributed by atoms with E-state index in [9.17, 15) is 4.79 Å². The van der Waals surface area contributed by atoms with Crippen molar-refractivity contribution in [3.8, 4) is 11.1 Å². The summed E-state index contributed by atoms with van der Waals surface area (Å²) in [5, 5.41) is 15.5. The van der Waals surface area contributed by atoms with Gasteiger partial charge in [0.2, 0.25) is 0 Å². The van der Waals surface area contributed by atoms with E-state index in [1.165, 1.54) is 11.3 Å². The second-order valence-corrected chi connectivity index (χ2v) is 11.7. The van der Waals surface area contributed by atoms with Gasteiger partial charge in [0.25, 0.3) is 5.91 Å². The Hall–Kier alpha value is -3.15. The topological polar surface area (TPSA) is 92.9 Å². The van der Waals surface area contributed by atoms with Crippen molar-refractivity contribution in [2.45, 2.75) is 25.4 Å². The lowest BCUT2D eigenvalue weighted by atomic mass is 10.0. The van der Waals surface area contributed by atoms with E-state index < -0.39 is 6.04 Å². The number of benzene rings is 2. The highest BCUT2D eigenvalue weighted by molar-refractivity contribution is 7.13. The van der Waals surface area contributed by atoms with Crippen LogP contribution in [-0.2, 0) is 17.8 Å². The molecule has 1 unspecified atom stereocenters. The number of aromatic nitrogens is 5. The fourth-order valence-electron chi connectivity index (χ4n) is 5.61. The fourth-order valence-corrected chi connectivity index (χ4v) is 6.70. The molecule has 2 aliphatic rings. The average Bonchev–Trinajstić information content (AvgIpc) is 3.76. The quantitative estimate of drug-likeness (QED) is 0.252. The first-order valence-electron chi connectivity index (χ1n) is 13.2. The summed E-state index contributed by atoms with van der Waals surface area (Å²) in [6, 6.07) is 9.25. The van der Waals surface area contributed by atoms with Gasteiger partial charge in [-0.15, -0.1) is 23.7 Å². The first kappa shape index (κ1) is 28.0. The van der Waals surface area contributed by atoms with Crippen LogP contribution in [0.15, 0.2) is 54.4 Å². The van der Waals surface area contributed by atoms with E-state index in [0.29, 0.717) is 26.4 Å². The average molecular weight is 630 g/mol. The van der Waals surface area contributed by atoms with Gasteiger partial charge in [-0.25, -0.2) is 9.97 Å². The number of hydrogen-bond acceptors (Lipinski definition) is 7. The number of carbonyl (C=O) groups is 1. The molecule has 1 fully saturated rings. The highest BCUT2D eigenvalue weighted by Crippen LogP contribution is 2.36. The molecule has 7 rings (SSSR count). The van der Waals surface area contributed by atoms with Crippen LogP contribution in [0, 0.1) is 0 Å². The molecule has 0 radical (unpaired) electrons. The molecule has 3 aromatic heterocycles. The summed E-state index contributed by atoms with van der Waals surface area (Å²) in [5.41, 5.74) is 5.34.